The Morgan fingerprint density at radius 1 is 1.10 bits per heavy atom. The van der Waals surface area contributed by atoms with Crippen molar-refractivity contribution in [1.29, 1.82) is 0 Å². The largest absolute Gasteiger partial charge is 0.356 e. The van der Waals surface area contributed by atoms with Gasteiger partial charge in [0.15, 0.2) is 0 Å². The van der Waals surface area contributed by atoms with E-state index in [0.717, 1.165) is 18.4 Å². The van der Waals surface area contributed by atoms with Crippen LogP contribution in [0, 0.1) is 11.7 Å². The van der Waals surface area contributed by atoms with Crippen molar-refractivity contribution in [3.63, 3.8) is 0 Å². The van der Waals surface area contributed by atoms with Crippen molar-refractivity contribution >= 4 is 39.1 Å². The summed E-state index contributed by atoms with van der Waals surface area (Å²) in [6, 6.07) is 11.1. The predicted octanol–water partition coefficient (Wildman–Crippen LogP) is 4.42. The van der Waals surface area contributed by atoms with Crippen LogP contribution in [0.4, 0.5) is 4.39 Å². The van der Waals surface area contributed by atoms with Gasteiger partial charge in [-0.25, -0.2) is 17.1 Å². The zero-order valence-corrected chi connectivity index (χ0v) is 19.3. The third-order valence-electron chi connectivity index (χ3n) is 5.43. The Bertz CT molecular complexity index is 1010. The number of nitrogens with one attached hydrogen (secondary N) is 1. The molecule has 2 aromatic carbocycles. The summed E-state index contributed by atoms with van der Waals surface area (Å²) in [4.78, 5) is 12.4. The Balaban J connectivity index is 1.42. The molecule has 0 aliphatic carbocycles. The van der Waals surface area contributed by atoms with Gasteiger partial charge in [0, 0.05) is 35.6 Å². The van der Waals surface area contributed by atoms with Gasteiger partial charge < -0.3 is 5.32 Å². The van der Waals surface area contributed by atoms with Gasteiger partial charge in [-0.05, 0) is 61.1 Å². The van der Waals surface area contributed by atoms with Crippen LogP contribution in [0.2, 0.25) is 10.0 Å². The average molecular weight is 487 g/mol. The maximum atomic E-state index is 12.9. The summed E-state index contributed by atoms with van der Waals surface area (Å²) in [6.45, 7) is 1.15. The monoisotopic (exact) mass is 486 g/mol. The van der Waals surface area contributed by atoms with E-state index in [-0.39, 0.29) is 23.4 Å². The Morgan fingerprint density at radius 2 is 1.77 bits per heavy atom. The van der Waals surface area contributed by atoms with Gasteiger partial charge in [-0.2, -0.15) is 0 Å². The molecule has 2 aromatic rings. The molecule has 1 heterocycles. The van der Waals surface area contributed by atoms with Gasteiger partial charge in [0.05, 0.1) is 5.75 Å². The van der Waals surface area contributed by atoms with Crippen molar-refractivity contribution in [3.05, 3.63) is 69.5 Å². The molecule has 9 heteroatoms. The second-order valence-corrected chi connectivity index (χ2v) is 10.5. The number of hydrogen-bond acceptors (Lipinski definition) is 3. The predicted molar refractivity (Wildman–Crippen MR) is 121 cm³/mol. The molecule has 1 aliphatic rings. The van der Waals surface area contributed by atoms with Crippen LogP contribution in [0.1, 0.15) is 30.4 Å². The summed E-state index contributed by atoms with van der Waals surface area (Å²) < 4.78 is 39.8. The van der Waals surface area contributed by atoms with Crippen LogP contribution in [-0.2, 0) is 27.0 Å². The summed E-state index contributed by atoms with van der Waals surface area (Å²) in [6.07, 6.45) is 2.48. The second kappa shape index (κ2) is 10.8. The fourth-order valence-electron chi connectivity index (χ4n) is 3.62. The molecule has 0 saturated carbocycles. The number of carbonyl (C=O) groups is 1. The molecule has 31 heavy (non-hydrogen) atoms. The summed E-state index contributed by atoms with van der Waals surface area (Å²) in [5, 5.41) is 3.71. The molecule has 0 aromatic heterocycles. The first-order valence-electron chi connectivity index (χ1n) is 10.2. The minimum Gasteiger partial charge on any atom is -0.356 e. The highest BCUT2D eigenvalue weighted by Crippen LogP contribution is 2.26. The van der Waals surface area contributed by atoms with Gasteiger partial charge in [0.25, 0.3) is 0 Å². The van der Waals surface area contributed by atoms with E-state index in [1.165, 1.54) is 22.5 Å². The second-order valence-electron chi connectivity index (χ2n) is 7.69. The van der Waals surface area contributed by atoms with Gasteiger partial charge in [0.2, 0.25) is 15.9 Å². The smallest absolute Gasteiger partial charge is 0.223 e. The van der Waals surface area contributed by atoms with E-state index >= 15 is 0 Å². The van der Waals surface area contributed by atoms with Crippen molar-refractivity contribution in [2.75, 3.05) is 19.6 Å². The minimum atomic E-state index is -3.53. The summed E-state index contributed by atoms with van der Waals surface area (Å²) >= 11 is 12.0. The van der Waals surface area contributed by atoms with E-state index in [9.17, 15) is 17.6 Å². The Labute approximate surface area is 192 Å². The molecule has 1 N–H and O–H groups in total. The molecular formula is C22H25Cl2FN2O3S. The SMILES string of the molecule is O=C(NCCCc1ccc(F)cc1)C1CCN(S(=O)(=O)Cc2ccc(Cl)cc2Cl)CC1. The zero-order chi connectivity index (χ0) is 22.4. The number of sulfonamides is 1. The third kappa shape index (κ3) is 6.91. The number of benzene rings is 2. The molecule has 5 nitrogen and oxygen atoms in total. The van der Waals surface area contributed by atoms with Gasteiger partial charge in [-0.3, -0.25) is 4.79 Å². The molecule has 168 valence electrons. The number of halogens is 3. The Kier molecular flexibility index (Phi) is 8.33. The van der Waals surface area contributed by atoms with Crippen molar-refractivity contribution in [1.82, 2.24) is 9.62 Å². The minimum absolute atomic E-state index is 0.0445. The molecule has 3 rings (SSSR count). The fraction of sp³-hybridized carbons (Fsp3) is 0.409. The van der Waals surface area contributed by atoms with Crippen LogP contribution >= 0.6 is 23.2 Å². The number of carbonyl (C=O) groups excluding carboxylic acids is 1. The zero-order valence-electron chi connectivity index (χ0n) is 17.0. The molecule has 1 amide bonds. The van der Waals surface area contributed by atoms with Crippen LogP contribution in [0.15, 0.2) is 42.5 Å². The van der Waals surface area contributed by atoms with E-state index in [2.05, 4.69) is 5.32 Å². The number of piperidine rings is 1. The van der Waals surface area contributed by atoms with Crippen molar-refractivity contribution in [2.45, 2.75) is 31.4 Å². The van der Waals surface area contributed by atoms with Crippen LogP contribution in [-0.4, -0.2) is 38.3 Å². The highest BCUT2D eigenvalue weighted by Gasteiger charge is 2.31. The number of hydrogen-bond donors (Lipinski definition) is 1. The lowest BCUT2D eigenvalue weighted by Gasteiger charge is -2.30. The van der Waals surface area contributed by atoms with Crippen LogP contribution < -0.4 is 5.32 Å². The average Bonchev–Trinajstić information content (AvgIpc) is 2.74. The molecule has 0 bridgehead atoms. The first-order chi connectivity index (χ1) is 14.7. The van der Waals surface area contributed by atoms with Crippen LogP contribution in [0.3, 0.4) is 0 Å². The Hall–Kier alpha value is -1.67. The number of aryl methyl sites for hydroxylation is 1. The van der Waals surface area contributed by atoms with Crippen molar-refractivity contribution in [2.24, 2.45) is 5.92 Å². The normalized spacial score (nSPS) is 15.7. The van der Waals surface area contributed by atoms with E-state index in [4.69, 9.17) is 23.2 Å². The number of nitrogens with zero attached hydrogens (tertiary/aromatic N) is 1. The highest BCUT2D eigenvalue weighted by atomic mass is 35.5. The lowest BCUT2D eigenvalue weighted by atomic mass is 9.97. The quantitative estimate of drug-likeness (QED) is 0.561. The summed E-state index contributed by atoms with van der Waals surface area (Å²) in [5.41, 5.74) is 1.53. The molecule has 1 aliphatic heterocycles. The van der Waals surface area contributed by atoms with Gasteiger partial charge in [-0.1, -0.05) is 41.4 Å². The third-order valence-corrected chi connectivity index (χ3v) is 7.84. The molecule has 0 atom stereocenters. The van der Waals surface area contributed by atoms with Crippen molar-refractivity contribution in [3.8, 4) is 0 Å². The lowest BCUT2D eigenvalue weighted by molar-refractivity contribution is -0.126. The molecule has 0 radical (unpaired) electrons. The van der Waals surface area contributed by atoms with E-state index in [1.54, 1.807) is 24.3 Å². The molecular weight excluding hydrogens is 462 g/mol. The van der Waals surface area contributed by atoms with E-state index in [0.29, 0.717) is 48.1 Å². The maximum Gasteiger partial charge on any atom is 0.223 e. The topological polar surface area (TPSA) is 66.5 Å². The standard InChI is InChI=1S/C22H25Cl2FN2O3S/c23-19-6-5-18(21(24)14-19)15-31(29,30)27-12-9-17(10-13-27)22(28)26-11-1-2-16-3-7-20(25)8-4-16/h3-8,14,17H,1-2,9-13,15H2,(H,26,28). The van der Waals surface area contributed by atoms with Crippen LogP contribution in [0.5, 0.6) is 0 Å². The van der Waals surface area contributed by atoms with Crippen LogP contribution in [0.25, 0.3) is 0 Å². The van der Waals surface area contributed by atoms with Crippen molar-refractivity contribution < 1.29 is 17.6 Å². The first-order valence-corrected chi connectivity index (χ1v) is 12.5. The molecule has 1 saturated heterocycles. The van der Waals surface area contributed by atoms with E-state index < -0.39 is 10.0 Å². The van der Waals surface area contributed by atoms with Gasteiger partial charge >= 0.3 is 0 Å². The lowest BCUT2D eigenvalue weighted by Crippen LogP contribution is -2.43. The van der Waals surface area contributed by atoms with Gasteiger partial charge in [0.1, 0.15) is 5.82 Å². The highest BCUT2D eigenvalue weighted by molar-refractivity contribution is 7.88. The van der Waals surface area contributed by atoms with Gasteiger partial charge in [-0.15, -0.1) is 0 Å². The van der Waals surface area contributed by atoms with E-state index in [1.807, 2.05) is 0 Å². The molecule has 0 unspecified atom stereocenters. The Morgan fingerprint density at radius 3 is 2.42 bits per heavy atom. The summed E-state index contributed by atoms with van der Waals surface area (Å²) in [5.74, 6) is -0.696. The maximum absolute atomic E-state index is 12.9. The number of amides is 1. The summed E-state index contributed by atoms with van der Waals surface area (Å²) in [7, 11) is -3.53. The molecule has 1 fully saturated rings. The fourth-order valence-corrected chi connectivity index (χ4v) is 5.77. The number of rotatable bonds is 8. The first kappa shape index (κ1) is 24.0. The molecule has 0 spiro atoms.